The first kappa shape index (κ1) is 9.56. The van der Waals surface area contributed by atoms with Crippen LogP contribution in [0.2, 0.25) is 0 Å². The number of hydrogen-bond acceptors (Lipinski definition) is 2. The van der Waals surface area contributed by atoms with Crippen molar-refractivity contribution in [2.75, 3.05) is 13.1 Å². The molecule has 4 nitrogen and oxygen atoms in total. The van der Waals surface area contributed by atoms with E-state index in [9.17, 15) is 9.59 Å². The lowest BCUT2D eigenvalue weighted by molar-refractivity contribution is -0.143. The minimum absolute atomic E-state index is 0.112. The fraction of sp³-hybridized carbons (Fsp3) is 0.714. The second-order valence-electron chi connectivity index (χ2n) is 3.14. The molecule has 66 valence electrons. The zero-order valence-corrected chi connectivity index (χ0v) is 9.12. The van der Waals surface area contributed by atoms with Crippen molar-refractivity contribution in [3.8, 4) is 0 Å². The summed E-state index contributed by atoms with van der Waals surface area (Å²) in [6, 6.07) is 0. The number of carbonyl (C=O) groups excluding carboxylic acids is 1. The normalized spacial score (nSPS) is 23.7. The highest BCUT2D eigenvalue weighted by Crippen LogP contribution is 2.16. The number of rotatable bonds is 1. The maximum atomic E-state index is 11.0. The van der Waals surface area contributed by atoms with Crippen LogP contribution in [0, 0.1) is 5.92 Å². The average molecular weight is 185 g/mol. The maximum absolute atomic E-state index is 11.0. The Labute approximate surface area is 79.0 Å². The van der Waals surface area contributed by atoms with E-state index in [1.165, 1.54) is 0 Å². The number of hydrogen-bond donors (Lipinski definition) is 1. The minimum atomic E-state index is -0.775. The average Bonchev–Trinajstić information content (AvgIpc) is 2.04. The van der Waals surface area contributed by atoms with Crippen LogP contribution in [0.3, 0.4) is 0 Å². The highest BCUT2D eigenvalue weighted by Gasteiger charge is 2.25. The van der Waals surface area contributed by atoms with Crippen LogP contribution in [0.1, 0.15) is 12.8 Å². The van der Waals surface area contributed by atoms with Crippen LogP contribution in [0.5, 0.6) is 0 Å². The first-order chi connectivity index (χ1) is 5.61. The summed E-state index contributed by atoms with van der Waals surface area (Å²) >= 11 is 0.491. The third-order valence-corrected chi connectivity index (χ3v) is 2.85. The van der Waals surface area contributed by atoms with Gasteiger partial charge in [-0.25, -0.2) is 0 Å². The molecule has 1 heterocycles. The van der Waals surface area contributed by atoms with Gasteiger partial charge in [0.05, 0.1) is 5.92 Å². The Morgan fingerprint density at radius 1 is 1.50 bits per heavy atom. The molecule has 0 spiro atoms. The van der Waals surface area contributed by atoms with Crippen molar-refractivity contribution in [3.05, 3.63) is 0 Å². The van der Waals surface area contributed by atoms with Gasteiger partial charge in [-0.15, -0.1) is 0 Å². The first-order valence-corrected chi connectivity index (χ1v) is 5.09. The van der Waals surface area contributed by atoms with Crippen molar-refractivity contribution in [2.45, 2.75) is 12.8 Å². The molecule has 1 unspecified atom stereocenters. The molecule has 1 saturated heterocycles. The highest BCUT2D eigenvalue weighted by atomic mass is 27.0. The van der Waals surface area contributed by atoms with Crippen LogP contribution in [-0.2, 0) is 4.79 Å². The van der Waals surface area contributed by atoms with Crippen molar-refractivity contribution in [1.29, 1.82) is 0 Å². The Hall–Kier alpha value is -0.528. The molecule has 1 fully saturated rings. The molecule has 0 aliphatic carbocycles. The molecule has 0 saturated carbocycles. The van der Waals surface area contributed by atoms with Gasteiger partial charge in [0.25, 0.3) is 0 Å². The van der Waals surface area contributed by atoms with Gasteiger partial charge in [0, 0.05) is 13.1 Å². The van der Waals surface area contributed by atoms with Crippen LogP contribution in [0.25, 0.3) is 0 Å². The largest absolute Gasteiger partial charge is 0.481 e. The number of amides is 1. The summed E-state index contributed by atoms with van der Waals surface area (Å²) in [5.41, 5.74) is 0. The number of carbonyl (C=O) groups is 2. The fourth-order valence-corrected chi connectivity index (χ4v) is 1.87. The van der Waals surface area contributed by atoms with Gasteiger partial charge in [-0.2, -0.15) is 0 Å². The number of carboxylic acids is 1. The quantitative estimate of drug-likeness (QED) is 0.562. The second-order valence-corrected chi connectivity index (χ2v) is 4.00. The molecule has 0 aromatic rings. The predicted octanol–water partition coefficient (Wildman–Crippen LogP) is -0.464. The molecular formula is C7H12AlNO3. The van der Waals surface area contributed by atoms with Gasteiger partial charge in [-0.05, 0) is 12.8 Å². The molecule has 12 heavy (non-hydrogen) atoms. The smallest absolute Gasteiger partial charge is 0.355 e. The molecule has 1 rings (SSSR count). The second kappa shape index (κ2) is 3.93. The lowest BCUT2D eigenvalue weighted by atomic mass is 9.99. The van der Waals surface area contributed by atoms with Crippen molar-refractivity contribution in [3.63, 3.8) is 0 Å². The number of aliphatic carboxylic acids is 1. The fourth-order valence-electron chi connectivity index (χ4n) is 1.46. The first-order valence-electron chi connectivity index (χ1n) is 4.09. The Morgan fingerprint density at radius 2 is 2.17 bits per heavy atom. The van der Waals surface area contributed by atoms with Crippen LogP contribution in [0.15, 0.2) is 0 Å². The number of piperidine rings is 1. The molecule has 1 aliphatic rings. The summed E-state index contributed by atoms with van der Waals surface area (Å²) in [6.45, 7) is 1.16. The summed E-state index contributed by atoms with van der Waals surface area (Å²) in [7, 11) is 0. The summed E-state index contributed by atoms with van der Waals surface area (Å²) in [6.07, 6.45) is 1.53. The summed E-state index contributed by atoms with van der Waals surface area (Å²) in [4.78, 5) is 23.2. The van der Waals surface area contributed by atoms with Crippen LogP contribution in [0.4, 0.5) is 4.79 Å². The zero-order chi connectivity index (χ0) is 9.14. The minimum Gasteiger partial charge on any atom is -0.481 e. The van der Waals surface area contributed by atoms with Crippen molar-refractivity contribution >= 4 is 27.0 Å². The molecule has 0 radical (unpaired) electrons. The van der Waals surface area contributed by atoms with Gasteiger partial charge in [0.1, 0.15) is 4.77 Å². The summed E-state index contributed by atoms with van der Waals surface area (Å²) in [5.74, 6) is -1.11. The molecule has 1 amide bonds. The third kappa shape index (κ3) is 2.23. The number of likely N-dealkylation sites (tertiary alicyclic amines) is 1. The summed E-state index contributed by atoms with van der Waals surface area (Å²) in [5, 5.41) is 8.71. The molecule has 0 aromatic carbocycles. The lowest BCUT2D eigenvalue weighted by Crippen LogP contribution is -2.41. The van der Waals surface area contributed by atoms with E-state index >= 15 is 0 Å². The maximum Gasteiger partial charge on any atom is 0.355 e. The van der Waals surface area contributed by atoms with Gasteiger partial charge < -0.3 is 10.0 Å². The Balaban J connectivity index is 2.51. The van der Waals surface area contributed by atoms with E-state index in [1.54, 1.807) is 4.90 Å². The standard InChI is InChI=1S/C7H10NO3.Al.2H/c9-5-8-3-1-2-6(4-8)7(10)11;;;/h6H,1-4H2,(H,10,11);;;. The molecule has 1 aliphatic heterocycles. The van der Waals surface area contributed by atoms with Crippen LogP contribution >= 0.6 is 0 Å². The number of carboxylic acid groups (broad SMARTS) is 1. The van der Waals surface area contributed by atoms with Gasteiger partial charge in [-0.3, -0.25) is 9.59 Å². The molecule has 0 aromatic heterocycles. The molecule has 5 heteroatoms. The van der Waals surface area contributed by atoms with Gasteiger partial charge in [-0.1, -0.05) is 0 Å². The molecule has 0 bridgehead atoms. The SMILES string of the molecule is O=C(O)C1CCCN([C](=O)[AlH2])C1. The van der Waals surface area contributed by atoms with Gasteiger partial charge in [0.2, 0.25) is 0 Å². The zero-order valence-electron chi connectivity index (χ0n) is 7.12. The van der Waals surface area contributed by atoms with E-state index in [0.717, 1.165) is 13.0 Å². The van der Waals surface area contributed by atoms with Crippen molar-refractivity contribution in [1.82, 2.24) is 4.90 Å². The molecule has 1 N–H and O–H groups in total. The third-order valence-electron chi connectivity index (χ3n) is 2.22. The topological polar surface area (TPSA) is 57.6 Å². The lowest BCUT2D eigenvalue weighted by Gasteiger charge is -2.30. The molecule has 1 atom stereocenters. The highest BCUT2D eigenvalue weighted by molar-refractivity contribution is 6.56. The van der Waals surface area contributed by atoms with E-state index in [1.807, 2.05) is 0 Å². The van der Waals surface area contributed by atoms with Crippen molar-refractivity contribution < 1.29 is 14.7 Å². The monoisotopic (exact) mass is 185 g/mol. The van der Waals surface area contributed by atoms with E-state index in [-0.39, 0.29) is 10.7 Å². The van der Waals surface area contributed by atoms with Crippen LogP contribution in [-0.4, -0.2) is 50.1 Å². The Morgan fingerprint density at radius 3 is 2.67 bits per heavy atom. The van der Waals surface area contributed by atoms with Crippen molar-refractivity contribution in [2.24, 2.45) is 5.92 Å². The van der Waals surface area contributed by atoms with Crippen LogP contribution < -0.4 is 0 Å². The van der Waals surface area contributed by atoms with Gasteiger partial charge in [0.15, 0.2) is 0 Å². The van der Waals surface area contributed by atoms with E-state index in [2.05, 4.69) is 0 Å². The van der Waals surface area contributed by atoms with E-state index < -0.39 is 5.97 Å². The summed E-state index contributed by atoms with van der Waals surface area (Å²) < 4.78 is 0.112. The predicted molar refractivity (Wildman–Crippen MR) is 45.9 cm³/mol. The Kier molecular flexibility index (Phi) is 3.13. The van der Waals surface area contributed by atoms with E-state index in [0.29, 0.717) is 29.3 Å². The van der Waals surface area contributed by atoms with E-state index in [4.69, 9.17) is 5.11 Å². The number of nitrogens with zero attached hydrogens (tertiary/aromatic N) is 1. The molecular weight excluding hydrogens is 173 g/mol. The van der Waals surface area contributed by atoms with Gasteiger partial charge >= 0.3 is 22.3 Å². The Bertz CT molecular complexity index is 187.